The van der Waals surface area contributed by atoms with Crippen molar-refractivity contribution in [1.29, 1.82) is 0 Å². The molecule has 10 N–H and O–H groups in total. The number of hydrogen-bond acceptors (Lipinski definition) is 18. The highest BCUT2D eigenvalue weighted by molar-refractivity contribution is 5.73. The molecule has 0 saturated carbocycles. The molecule has 14 atom stereocenters. The van der Waals surface area contributed by atoms with E-state index >= 15 is 0 Å². The van der Waals surface area contributed by atoms with Gasteiger partial charge in [0.25, 0.3) is 6.29 Å². The zero-order valence-corrected chi connectivity index (χ0v) is 27.3. The van der Waals surface area contributed by atoms with Crippen LogP contribution in [0.4, 0.5) is 0 Å². The quantitative estimate of drug-likeness (QED) is 0.0609. The first-order valence-electron chi connectivity index (χ1n) is 16.0. The number of nitrogens with one attached hydrogen (secondary N) is 2. The number of aromatic nitrogens is 1. The topological polar surface area (TPSA) is 280 Å². The van der Waals surface area contributed by atoms with E-state index in [1.54, 1.807) is 12.4 Å². The van der Waals surface area contributed by atoms with Crippen LogP contribution in [-0.4, -0.2) is 164 Å². The monoisotopic (exact) mass is 706 g/mol. The van der Waals surface area contributed by atoms with E-state index in [2.05, 4.69) is 15.8 Å². The molecule has 0 aliphatic carbocycles. The minimum atomic E-state index is -1.87. The van der Waals surface area contributed by atoms with Crippen molar-refractivity contribution in [3.05, 3.63) is 35.9 Å². The summed E-state index contributed by atoms with van der Waals surface area (Å²) in [5.74, 6) is -0.583. The van der Waals surface area contributed by atoms with E-state index in [-0.39, 0.29) is 13.2 Å². The third-order valence-corrected chi connectivity index (χ3v) is 8.26. The van der Waals surface area contributed by atoms with Gasteiger partial charge in [-0.2, -0.15) is 0 Å². The van der Waals surface area contributed by atoms with Crippen LogP contribution < -0.4 is 10.8 Å². The molecule has 3 fully saturated rings. The summed E-state index contributed by atoms with van der Waals surface area (Å²) in [5.41, 5.74) is 4.68. The highest BCUT2D eigenvalue weighted by atomic mass is 16.8. The summed E-state index contributed by atoms with van der Waals surface area (Å²) in [6.45, 7) is 3.69. The number of ether oxygens (including phenoxy) is 6. The van der Waals surface area contributed by atoms with Crippen molar-refractivity contribution in [3.8, 4) is 0 Å². The normalized spacial score (nSPS) is 38.8. The van der Waals surface area contributed by atoms with Crippen LogP contribution in [0.15, 0.2) is 18.5 Å². The minimum absolute atomic E-state index is 0.0420. The standard InChI is InChI=1S/C30H48N3O16/c1-13-7-16(9-31-8-13)12-44-32-5-4-6-43-28-19(33-15(3)36)27(49-30-25(42)23(40)21(38)17(10-34)46-30)26(18(11-35)47-28)48-29-24(41)22(39)20(37)14(2)45-29/h7-9,14,17-28,30,32,34-35,37-42H,4-6,10-12H2,1-3H3,(H,33,36)/t14?,17?,18?,19?,20-,21+,22+,23-,24?,25?,26-,27+,28-,30+/m1/s1. The maximum atomic E-state index is 12.4. The van der Waals surface area contributed by atoms with E-state index in [9.17, 15) is 45.6 Å². The van der Waals surface area contributed by atoms with Gasteiger partial charge < -0.3 is 74.6 Å². The average molecular weight is 707 g/mol. The van der Waals surface area contributed by atoms with E-state index in [4.69, 9.17) is 33.3 Å². The van der Waals surface area contributed by atoms with Gasteiger partial charge >= 0.3 is 0 Å². The van der Waals surface area contributed by atoms with Crippen molar-refractivity contribution < 1.29 is 78.9 Å². The number of hydroxylamine groups is 1. The van der Waals surface area contributed by atoms with Gasteiger partial charge in [0, 0.05) is 25.9 Å². The number of nitrogens with zero attached hydrogens (tertiary/aromatic N) is 1. The largest absolute Gasteiger partial charge is 0.394 e. The van der Waals surface area contributed by atoms with E-state index < -0.39 is 111 Å². The summed E-state index contributed by atoms with van der Waals surface area (Å²) in [5, 5.41) is 85.3. The van der Waals surface area contributed by atoms with Gasteiger partial charge in [-0.25, -0.2) is 5.48 Å². The lowest BCUT2D eigenvalue weighted by atomic mass is 9.94. The lowest BCUT2D eigenvalue weighted by Crippen LogP contribution is -2.69. The molecule has 4 heterocycles. The van der Waals surface area contributed by atoms with Gasteiger partial charge in [-0.3, -0.25) is 14.6 Å². The maximum absolute atomic E-state index is 12.4. The number of aryl methyl sites for hydroxylation is 1. The second-order valence-electron chi connectivity index (χ2n) is 12.2. The molecule has 1 amide bonds. The number of rotatable bonds is 15. The molecule has 0 bridgehead atoms. The smallest absolute Gasteiger partial charge is 0.257 e. The summed E-state index contributed by atoms with van der Waals surface area (Å²) in [4.78, 5) is 22.0. The molecule has 279 valence electrons. The Labute approximate surface area is 282 Å². The number of carbonyl (C=O) groups excluding carboxylic acids is 1. The van der Waals surface area contributed by atoms with Gasteiger partial charge in [0.05, 0.1) is 32.5 Å². The fraction of sp³-hybridized carbons (Fsp3) is 0.767. The third kappa shape index (κ3) is 10.1. The summed E-state index contributed by atoms with van der Waals surface area (Å²) >= 11 is 0. The lowest BCUT2D eigenvalue weighted by molar-refractivity contribution is -0.356. The SMILES string of the molecule is CC(=O)NC1[C@H](OCCCNOCc2cncc(C)c2)OC(CO)[C@@H](O[C]2OC(C)[C@@H](O)[C@H](O)C2O)[C@H]1O[C@@H]1OC(CO)[C@H](O)[C@@H](O)C1O. The Kier molecular flexibility index (Phi) is 15.0. The summed E-state index contributed by atoms with van der Waals surface area (Å²) < 4.78 is 35.0. The maximum Gasteiger partial charge on any atom is 0.257 e. The van der Waals surface area contributed by atoms with E-state index in [1.807, 2.05) is 13.0 Å². The van der Waals surface area contributed by atoms with Crippen LogP contribution in [0.25, 0.3) is 0 Å². The number of aliphatic hydroxyl groups excluding tert-OH is 8. The van der Waals surface area contributed by atoms with Crippen LogP contribution in [0.1, 0.15) is 31.4 Å². The number of carbonyl (C=O) groups is 1. The second-order valence-corrected chi connectivity index (χ2v) is 12.2. The zero-order valence-electron chi connectivity index (χ0n) is 27.3. The first-order valence-corrected chi connectivity index (χ1v) is 16.0. The van der Waals surface area contributed by atoms with Gasteiger partial charge in [0.2, 0.25) is 5.91 Å². The van der Waals surface area contributed by atoms with E-state index in [1.165, 1.54) is 13.8 Å². The van der Waals surface area contributed by atoms with Crippen LogP contribution in [0.5, 0.6) is 0 Å². The van der Waals surface area contributed by atoms with Crippen molar-refractivity contribution >= 4 is 5.91 Å². The van der Waals surface area contributed by atoms with Gasteiger partial charge in [0.1, 0.15) is 67.1 Å². The van der Waals surface area contributed by atoms with Crippen LogP contribution in [0, 0.1) is 13.2 Å². The first-order chi connectivity index (χ1) is 23.4. The molecule has 3 aliphatic rings. The molecule has 1 aromatic rings. The third-order valence-electron chi connectivity index (χ3n) is 8.26. The van der Waals surface area contributed by atoms with Crippen molar-refractivity contribution in [2.45, 2.75) is 120 Å². The Hall–Kier alpha value is -2.02. The summed E-state index contributed by atoms with van der Waals surface area (Å²) in [7, 11) is 0. The fourth-order valence-electron chi connectivity index (χ4n) is 5.62. The predicted molar refractivity (Wildman–Crippen MR) is 161 cm³/mol. The second kappa shape index (κ2) is 18.5. The highest BCUT2D eigenvalue weighted by Gasteiger charge is 2.55. The van der Waals surface area contributed by atoms with Crippen molar-refractivity contribution in [2.75, 3.05) is 26.4 Å². The first kappa shape index (κ1) is 39.8. The molecule has 4 rings (SSSR count). The van der Waals surface area contributed by atoms with Crippen LogP contribution in [-0.2, 0) is 44.7 Å². The van der Waals surface area contributed by atoms with Crippen LogP contribution in [0.3, 0.4) is 0 Å². The Morgan fingerprint density at radius 3 is 2.31 bits per heavy atom. The van der Waals surface area contributed by atoms with Gasteiger partial charge in [-0.15, -0.1) is 0 Å². The van der Waals surface area contributed by atoms with Gasteiger partial charge in [0.15, 0.2) is 12.6 Å². The highest BCUT2D eigenvalue weighted by Crippen LogP contribution is 2.35. The van der Waals surface area contributed by atoms with Crippen LogP contribution in [0.2, 0.25) is 0 Å². The Balaban J connectivity index is 1.51. The molecule has 3 saturated heterocycles. The lowest BCUT2D eigenvalue weighted by Gasteiger charge is -2.49. The molecule has 0 aromatic carbocycles. The van der Waals surface area contributed by atoms with Crippen molar-refractivity contribution in [1.82, 2.24) is 15.8 Å². The molecular formula is C30H48N3O16. The van der Waals surface area contributed by atoms with Gasteiger partial charge in [-0.1, -0.05) is 6.07 Å². The van der Waals surface area contributed by atoms with E-state index in [0.29, 0.717) is 13.0 Å². The van der Waals surface area contributed by atoms with Gasteiger partial charge in [-0.05, 0) is 31.4 Å². The molecule has 3 aliphatic heterocycles. The minimum Gasteiger partial charge on any atom is -0.394 e. The molecule has 49 heavy (non-hydrogen) atoms. The fourth-order valence-corrected chi connectivity index (χ4v) is 5.62. The molecule has 19 heteroatoms. The van der Waals surface area contributed by atoms with Crippen molar-refractivity contribution in [3.63, 3.8) is 0 Å². The Morgan fingerprint density at radius 1 is 0.918 bits per heavy atom. The predicted octanol–water partition coefficient (Wildman–Crippen LogP) is -4.40. The number of aliphatic hydroxyl groups is 8. The molecular weight excluding hydrogens is 658 g/mol. The summed E-state index contributed by atoms with van der Waals surface area (Å²) in [6.07, 6.45) is -16.9. The van der Waals surface area contributed by atoms with Crippen LogP contribution >= 0.6 is 0 Å². The summed E-state index contributed by atoms with van der Waals surface area (Å²) in [6, 6.07) is 0.661. The Morgan fingerprint density at radius 2 is 1.63 bits per heavy atom. The Bertz CT molecular complexity index is 1170. The molecule has 1 radical (unpaired) electrons. The number of pyridine rings is 1. The molecule has 0 spiro atoms. The number of hydrogen-bond donors (Lipinski definition) is 10. The number of amides is 1. The molecule has 6 unspecified atom stereocenters. The van der Waals surface area contributed by atoms with Crippen molar-refractivity contribution in [2.24, 2.45) is 0 Å². The molecule has 19 nitrogen and oxygen atoms in total. The van der Waals surface area contributed by atoms with E-state index in [0.717, 1.165) is 11.1 Å². The zero-order chi connectivity index (χ0) is 35.8. The average Bonchev–Trinajstić information content (AvgIpc) is 3.07. The molecule has 1 aromatic heterocycles.